The van der Waals surface area contributed by atoms with Crippen LogP contribution in [0.2, 0.25) is 0 Å². The van der Waals surface area contributed by atoms with Crippen molar-refractivity contribution < 1.29 is 29.0 Å². The van der Waals surface area contributed by atoms with Gasteiger partial charge >= 0.3 is 6.09 Å². The van der Waals surface area contributed by atoms with Crippen LogP contribution in [0, 0.1) is 5.92 Å². The molecule has 0 aliphatic carbocycles. The summed E-state index contributed by atoms with van der Waals surface area (Å²) in [5.74, 6) is -1.39. The minimum atomic E-state index is -1.17. The molecule has 4 rings (SSSR count). The monoisotopic (exact) mass is 709 g/mol. The predicted octanol–water partition coefficient (Wildman–Crippen LogP) is 5.00. The summed E-state index contributed by atoms with van der Waals surface area (Å²) in [7, 11) is 0. The van der Waals surface area contributed by atoms with Crippen LogP contribution in [-0.4, -0.2) is 64.2 Å². The van der Waals surface area contributed by atoms with Crippen molar-refractivity contribution in [2.75, 3.05) is 0 Å². The van der Waals surface area contributed by atoms with Gasteiger partial charge in [-0.05, 0) is 59.7 Å². The lowest BCUT2D eigenvalue weighted by atomic mass is 9.96. The molecule has 5 N–H and O–H groups in total. The van der Waals surface area contributed by atoms with E-state index in [4.69, 9.17) is 4.74 Å². The van der Waals surface area contributed by atoms with Crippen molar-refractivity contribution in [2.45, 2.75) is 96.7 Å². The van der Waals surface area contributed by atoms with Crippen molar-refractivity contribution in [2.24, 2.45) is 5.92 Å². The van der Waals surface area contributed by atoms with Crippen LogP contribution in [0.25, 0.3) is 10.8 Å². The van der Waals surface area contributed by atoms with E-state index < -0.39 is 42.1 Å². The summed E-state index contributed by atoms with van der Waals surface area (Å²) in [6.07, 6.45) is 0.744. The first-order valence-electron chi connectivity index (χ1n) is 17.9. The van der Waals surface area contributed by atoms with Gasteiger partial charge in [-0.2, -0.15) is 0 Å². The van der Waals surface area contributed by atoms with Crippen LogP contribution in [0.5, 0.6) is 0 Å². The molecule has 52 heavy (non-hydrogen) atoms. The number of nitrogens with zero attached hydrogens (tertiary/aromatic N) is 1. The molecule has 3 unspecified atom stereocenters. The van der Waals surface area contributed by atoms with E-state index >= 15 is 0 Å². The quantitative estimate of drug-likeness (QED) is 0.0973. The lowest BCUT2D eigenvalue weighted by molar-refractivity contribution is -0.131. The van der Waals surface area contributed by atoms with Gasteiger partial charge in [0.05, 0.1) is 18.6 Å². The van der Waals surface area contributed by atoms with E-state index in [1.165, 1.54) is 0 Å². The summed E-state index contributed by atoms with van der Waals surface area (Å²) in [6, 6.07) is 24.9. The van der Waals surface area contributed by atoms with Gasteiger partial charge in [0.1, 0.15) is 18.7 Å². The molecule has 0 radical (unpaired) electrons. The third-order valence-electron chi connectivity index (χ3n) is 8.83. The standard InChI is InChI=1S/C41H51N5O6/c1-5-28(4)43-38(48)25-37(47)34(22-27(2)3)44-40(50)36(24-32-19-11-12-21-42-32)45-39(49)35(46-41(51)52-26-29-14-7-6-8-15-29)23-31-18-13-17-30-16-9-10-20-33(30)31/h6-21,27-28,34-37,47H,5,22-26H2,1-4H3,(H,43,48)(H,44,50)(H,45,49)(H,46,51)/t28?,34?,35-,36-,37?/m0/s1. The van der Waals surface area contributed by atoms with Crippen molar-refractivity contribution in [1.82, 2.24) is 26.3 Å². The normalized spacial score (nSPS) is 14.0. The second-order valence-corrected chi connectivity index (χ2v) is 13.6. The second kappa shape index (κ2) is 19.9. The average molecular weight is 710 g/mol. The van der Waals surface area contributed by atoms with Gasteiger partial charge in [0.2, 0.25) is 17.7 Å². The van der Waals surface area contributed by atoms with Crippen molar-refractivity contribution >= 4 is 34.6 Å². The average Bonchev–Trinajstić information content (AvgIpc) is 3.13. The van der Waals surface area contributed by atoms with Crippen LogP contribution in [0.15, 0.2) is 97.2 Å². The number of carbonyl (C=O) groups excluding carboxylic acids is 4. The summed E-state index contributed by atoms with van der Waals surface area (Å²) in [4.78, 5) is 58.4. The first-order chi connectivity index (χ1) is 25.0. The minimum absolute atomic E-state index is 0.00886. The number of amides is 4. The Balaban J connectivity index is 1.58. The van der Waals surface area contributed by atoms with Gasteiger partial charge in [-0.3, -0.25) is 19.4 Å². The van der Waals surface area contributed by atoms with Crippen LogP contribution >= 0.6 is 0 Å². The van der Waals surface area contributed by atoms with Gasteiger partial charge in [0.15, 0.2) is 0 Å². The highest BCUT2D eigenvalue weighted by molar-refractivity contribution is 5.93. The number of fused-ring (bicyclic) bond motifs is 1. The van der Waals surface area contributed by atoms with Crippen molar-refractivity contribution in [3.63, 3.8) is 0 Å². The Labute approximate surface area is 305 Å². The molecule has 276 valence electrons. The first-order valence-corrected chi connectivity index (χ1v) is 17.9. The summed E-state index contributed by atoms with van der Waals surface area (Å²) < 4.78 is 5.48. The molecule has 0 spiro atoms. The van der Waals surface area contributed by atoms with Gasteiger partial charge in [0, 0.05) is 30.8 Å². The summed E-state index contributed by atoms with van der Waals surface area (Å²) in [6.45, 7) is 7.76. The molecular weight excluding hydrogens is 658 g/mol. The zero-order valence-electron chi connectivity index (χ0n) is 30.4. The first kappa shape index (κ1) is 39.5. The molecule has 3 aromatic carbocycles. The fraction of sp³-hybridized carbons (Fsp3) is 0.390. The van der Waals surface area contributed by atoms with Crippen molar-refractivity contribution in [3.05, 3.63) is 114 Å². The largest absolute Gasteiger partial charge is 0.445 e. The Morgan fingerprint density at radius 1 is 0.750 bits per heavy atom. The number of carbonyl (C=O) groups is 4. The molecule has 11 heteroatoms. The van der Waals surface area contributed by atoms with Gasteiger partial charge in [0.25, 0.3) is 0 Å². The second-order valence-electron chi connectivity index (χ2n) is 13.6. The number of pyridine rings is 1. The van der Waals surface area contributed by atoms with Crippen LogP contribution < -0.4 is 21.3 Å². The third-order valence-corrected chi connectivity index (χ3v) is 8.83. The van der Waals surface area contributed by atoms with Gasteiger partial charge in [-0.1, -0.05) is 99.6 Å². The molecule has 0 fully saturated rings. The Bertz CT molecular complexity index is 1750. The number of nitrogens with one attached hydrogen (secondary N) is 4. The number of aliphatic hydroxyl groups excluding tert-OH is 1. The molecule has 1 heterocycles. The minimum Gasteiger partial charge on any atom is -0.445 e. The number of aliphatic hydroxyl groups is 1. The molecule has 1 aromatic heterocycles. The van der Waals surface area contributed by atoms with Crippen molar-refractivity contribution in [3.8, 4) is 0 Å². The van der Waals surface area contributed by atoms with Crippen LogP contribution in [0.3, 0.4) is 0 Å². The number of hydrogen-bond donors (Lipinski definition) is 5. The third kappa shape index (κ3) is 12.5. The maximum atomic E-state index is 14.2. The lowest BCUT2D eigenvalue weighted by Crippen LogP contribution is -2.57. The van der Waals surface area contributed by atoms with Crippen LogP contribution in [0.1, 0.15) is 63.8 Å². The fourth-order valence-electron chi connectivity index (χ4n) is 5.89. The topological polar surface area (TPSA) is 159 Å². The zero-order valence-corrected chi connectivity index (χ0v) is 30.4. The van der Waals surface area contributed by atoms with E-state index in [0.717, 1.165) is 28.3 Å². The summed E-state index contributed by atoms with van der Waals surface area (Å²) in [5, 5.41) is 24.4. The Hall–Kier alpha value is -5.29. The number of benzene rings is 3. The van der Waals surface area contributed by atoms with Gasteiger partial charge in [-0.15, -0.1) is 0 Å². The number of aromatic nitrogens is 1. The predicted molar refractivity (Wildman–Crippen MR) is 201 cm³/mol. The molecule has 5 atom stereocenters. The van der Waals surface area contributed by atoms with Crippen LogP contribution in [0.4, 0.5) is 4.79 Å². The van der Waals surface area contributed by atoms with Crippen molar-refractivity contribution in [1.29, 1.82) is 0 Å². The smallest absolute Gasteiger partial charge is 0.408 e. The van der Waals surface area contributed by atoms with E-state index in [9.17, 15) is 24.3 Å². The van der Waals surface area contributed by atoms with Gasteiger partial charge in [-0.25, -0.2) is 4.79 Å². The number of ether oxygens (including phenoxy) is 1. The molecule has 0 aliphatic heterocycles. The van der Waals surface area contributed by atoms with E-state index in [1.807, 2.05) is 100 Å². The molecule has 0 bridgehead atoms. The summed E-state index contributed by atoms with van der Waals surface area (Å²) >= 11 is 0. The molecular formula is C41H51N5O6. The highest BCUT2D eigenvalue weighted by atomic mass is 16.5. The number of rotatable bonds is 18. The fourth-order valence-corrected chi connectivity index (χ4v) is 5.89. The molecule has 11 nitrogen and oxygen atoms in total. The van der Waals surface area contributed by atoms with Crippen LogP contribution in [-0.2, 0) is 38.6 Å². The highest BCUT2D eigenvalue weighted by Gasteiger charge is 2.32. The SMILES string of the molecule is CCC(C)NC(=O)CC(O)C(CC(C)C)NC(=O)[C@H](Cc1ccccn1)NC(=O)[C@H](Cc1cccc2ccccc12)NC(=O)OCc1ccccc1. The molecule has 0 aliphatic rings. The molecule has 4 aromatic rings. The van der Waals surface area contributed by atoms with E-state index in [0.29, 0.717) is 12.1 Å². The highest BCUT2D eigenvalue weighted by Crippen LogP contribution is 2.20. The van der Waals surface area contributed by atoms with E-state index in [1.54, 1.807) is 24.4 Å². The number of alkyl carbamates (subject to hydrolysis) is 1. The maximum Gasteiger partial charge on any atom is 0.408 e. The molecule has 0 saturated heterocycles. The maximum absolute atomic E-state index is 14.2. The van der Waals surface area contributed by atoms with E-state index in [2.05, 4.69) is 26.3 Å². The Morgan fingerprint density at radius 3 is 2.13 bits per heavy atom. The Morgan fingerprint density at radius 2 is 1.42 bits per heavy atom. The zero-order chi connectivity index (χ0) is 37.5. The van der Waals surface area contributed by atoms with Gasteiger partial charge < -0.3 is 31.1 Å². The number of hydrogen-bond acceptors (Lipinski definition) is 7. The molecule has 0 saturated carbocycles. The van der Waals surface area contributed by atoms with E-state index in [-0.39, 0.29) is 43.7 Å². The lowest BCUT2D eigenvalue weighted by Gasteiger charge is -2.29. The molecule has 4 amide bonds. The Kier molecular flexibility index (Phi) is 15.1. The summed E-state index contributed by atoms with van der Waals surface area (Å²) in [5.41, 5.74) is 2.16.